The van der Waals surface area contributed by atoms with Gasteiger partial charge in [-0.05, 0) is 106 Å². The normalized spacial score (nSPS) is 11.8. The topological polar surface area (TPSA) is 101 Å². The molecular formula is C29H23BrO6S2. The number of phenols is 1. The number of carboxylic acid groups (broad SMARTS) is 1. The van der Waals surface area contributed by atoms with E-state index in [0.29, 0.717) is 11.1 Å². The molecule has 6 nitrogen and oxygen atoms in total. The van der Waals surface area contributed by atoms with E-state index in [0.717, 1.165) is 54.7 Å². The lowest BCUT2D eigenvalue weighted by Crippen LogP contribution is -2.12. The van der Waals surface area contributed by atoms with E-state index in [1.807, 2.05) is 24.3 Å². The third-order valence-corrected chi connectivity index (χ3v) is 10.2. The molecule has 0 unspecified atom stereocenters. The van der Waals surface area contributed by atoms with Crippen molar-refractivity contribution >= 4 is 64.2 Å². The number of aromatic hydroxyl groups is 1. The van der Waals surface area contributed by atoms with E-state index in [4.69, 9.17) is 9.29 Å². The molecule has 0 saturated carbocycles. The SMILES string of the molecule is Cc1cc(-c2c3ccccc3c(Br)c3sc(C)c(C)c23)cc(C)c1OS(=O)(=O)c1ccc(C(=O)O)c(O)c1. The molecule has 0 saturated heterocycles. The van der Waals surface area contributed by atoms with Gasteiger partial charge < -0.3 is 14.4 Å². The summed E-state index contributed by atoms with van der Waals surface area (Å²) in [5.41, 5.74) is 4.08. The lowest BCUT2D eigenvalue weighted by Gasteiger charge is -2.17. The van der Waals surface area contributed by atoms with Crippen LogP contribution in [0, 0.1) is 27.7 Å². The second-order valence-electron chi connectivity index (χ2n) is 9.18. The number of aryl methyl sites for hydroxylation is 4. The largest absolute Gasteiger partial charge is 0.507 e. The number of benzene rings is 4. The highest BCUT2D eigenvalue weighted by atomic mass is 79.9. The van der Waals surface area contributed by atoms with E-state index in [9.17, 15) is 18.3 Å². The highest BCUT2D eigenvalue weighted by Crippen LogP contribution is 2.48. The molecule has 9 heteroatoms. The molecule has 1 aromatic heterocycles. The van der Waals surface area contributed by atoms with Crippen LogP contribution in [-0.2, 0) is 10.1 Å². The van der Waals surface area contributed by atoms with Crippen LogP contribution in [0.15, 0.2) is 64.0 Å². The smallest absolute Gasteiger partial charge is 0.339 e. The Morgan fingerprint density at radius 1 is 0.947 bits per heavy atom. The van der Waals surface area contributed by atoms with E-state index in [-0.39, 0.29) is 10.6 Å². The van der Waals surface area contributed by atoms with Gasteiger partial charge in [0, 0.05) is 20.8 Å². The maximum atomic E-state index is 13.0. The number of halogens is 1. The summed E-state index contributed by atoms with van der Waals surface area (Å²) < 4.78 is 33.8. The molecule has 5 aromatic rings. The van der Waals surface area contributed by atoms with Gasteiger partial charge >= 0.3 is 16.1 Å². The predicted molar refractivity (Wildman–Crippen MR) is 154 cm³/mol. The summed E-state index contributed by atoms with van der Waals surface area (Å²) in [5, 5.41) is 22.4. The molecular weight excluding hydrogens is 588 g/mol. The standard InChI is InChI=1S/C29H23BrO6S2/c1-14-11-18(25-20-7-5-6-8-21(20)26(30)28-24(25)16(3)17(4)37-28)12-15(2)27(14)36-38(34,35)19-9-10-22(29(32)33)23(31)13-19/h5-13,31H,1-4H3,(H,32,33). The Balaban J connectivity index is 1.66. The highest BCUT2D eigenvalue weighted by Gasteiger charge is 2.24. The molecule has 0 aliphatic rings. The zero-order valence-corrected chi connectivity index (χ0v) is 24.1. The van der Waals surface area contributed by atoms with Crippen LogP contribution >= 0.6 is 27.3 Å². The average Bonchev–Trinajstić information content (AvgIpc) is 3.16. The van der Waals surface area contributed by atoms with Gasteiger partial charge in [0.2, 0.25) is 0 Å². The van der Waals surface area contributed by atoms with E-state index < -0.39 is 27.4 Å². The van der Waals surface area contributed by atoms with Crippen molar-refractivity contribution in [3.8, 4) is 22.6 Å². The molecule has 0 aliphatic carbocycles. The molecule has 4 aromatic carbocycles. The van der Waals surface area contributed by atoms with Gasteiger partial charge in [-0.1, -0.05) is 24.3 Å². The van der Waals surface area contributed by atoms with Crippen molar-refractivity contribution in [1.29, 1.82) is 0 Å². The fourth-order valence-electron chi connectivity index (χ4n) is 4.76. The molecule has 0 atom stereocenters. The summed E-state index contributed by atoms with van der Waals surface area (Å²) in [6, 6.07) is 15.0. The number of carboxylic acids is 1. The van der Waals surface area contributed by atoms with Crippen molar-refractivity contribution in [3.63, 3.8) is 0 Å². The van der Waals surface area contributed by atoms with Crippen LogP contribution in [0.3, 0.4) is 0 Å². The van der Waals surface area contributed by atoms with Crippen LogP contribution in [0.5, 0.6) is 11.5 Å². The van der Waals surface area contributed by atoms with Crippen molar-refractivity contribution in [2.75, 3.05) is 0 Å². The van der Waals surface area contributed by atoms with Crippen LogP contribution in [0.1, 0.15) is 31.9 Å². The van der Waals surface area contributed by atoms with Crippen LogP contribution in [0.4, 0.5) is 0 Å². The fraction of sp³-hybridized carbons (Fsp3) is 0.138. The number of fused-ring (bicyclic) bond motifs is 2. The van der Waals surface area contributed by atoms with Gasteiger partial charge in [0.1, 0.15) is 22.0 Å². The van der Waals surface area contributed by atoms with Gasteiger partial charge in [-0.25, -0.2) is 4.79 Å². The summed E-state index contributed by atoms with van der Waals surface area (Å²) in [4.78, 5) is 12.1. The quantitative estimate of drug-likeness (QED) is 0.196. The highest BCUT2D eigenvalue weighted by molar-refractivity contribution is 9.11. The van der Waals surface area contributed by atoms with Crippen molar-refractivity contribution in [2.24, 2.45) is 0 Å². The Hall–Kier alpha value is -3.40. The van der Waals surface area contributed by atoms with Gasteiger partial charge in [-0.15, -0.1) is 11.3 Å². The van der Waals surface area contributed by atoms with Crippen LogP contribution < -0.4 is 4.18 Å². The Morgan fingerprint density at radius 2 is 1.58 bits per heavy atom. The summed E-state index contributed by atoms with van der Waals surface area (Å²) >= 11 is 5.57. The number of hydrogen-bond acceptors (Lipinski definition) is 6. The van der Waals surface area contributed by atoms with Crippen LogP contribution in [0.2, 0.25) is 0 Å². The van der Waals surface area contributed by atoms with E-state index in [2.05, 4.69) is 41.9 Å². The minimum Gasteiger partial charge on any atom is -0.507 e. The minimum absolute atomic E-state index is 0.187. The molecule has 1 heterocycles. The zero-order valence-electron chi connectivity index (χ0n) is 20.9. The van der Waals surface area contributed by atoms with Gasteiger partial charge in [-0.2, -0.15) is 8.42 Å². The number of rotatable bonds is 5. The summed E-state index contributed by atoms with van der Waals surface area (Å²) in [6.45, 7) is 7.81. The number of thiophene rings is 1. The third-order valence-electron chi connectivity index (χ3n) is 6.70. The molecule has 0 spiro atoms. The molecule has 0 radical (unpaired) electrons. The monoisotopic (exact) mass is 610 g/mol. The van der Waals surface area contributed by atoms with Crippen molar-refractivity contribution < 1.29 is 27.6 Å². The average molecular weight is 612 g/mol. The van der Waals surface area contributed by atoms with Gasteiger partial charge in [-0.3, -0.25) is 0 Å². The zero-order chi connectivity index (χ0) is 27.5. The first-order chi connectivity index (χ1) is 17.9. The number of aromatic carboxylic acids is 1. The maximum absolute atomic E-state index is 13.0. The maximum Gasteiger partial charge on any atom is 0.339 e. The minimum atomic E-state index is -4.34. The number of hydrogen-bond donors (Lipinski definition) is 2. The summed E-state index contributed by atoms with van der Waals surface area (Å²) in [5.74, 6) is -1.83. The first-order valence-corrected chi connectivity index (χ1v) is 14.6. The Morgan fingerprint density at radius 3 is 2.18 bits per heavy atom. The summed E-state index contributed by atoms with van der Waals surface area (Å²) in [6.07, 6.45) is 0. The van der Waals surface area contributed by atoms with Crippen molar-refractivity contribution in [1.82, 2.24) is 0 Å². The molecule has 194 valence electrons. The first-order valence-electron chi connectivity index (χ1n) is 11.6. The summed E-state index contributed by atoms with van der Waals surface area (Å²) in [7, 11) is -4.34. The lowest BCUT2D eigenvalue weighted by molar-refractivity contribution is 0.0693. The predicted octanol–water partition coefficient (Wildman–Crippen LogP) is 7.89. The van der Waals surface area contributed by atoms with Gasteiger partial charge in [0.05, 0.1) is 4.70 Å². The van der Waals surface area contributed by atoms with Crippen LogP contribution in [0.25, 0.3) is 32.0 Å². The Bertz CT molecular complexity index is 1880. The van der Waals surface area contributed by atoms with Crippen molar-refractivity contribution in [2.45, 2.75) is 32.6 Å². The van der Waals surface area contributed by atoms with Gasteiger partial charge in [0.15, 0.2) is 0 Å². The molecule has 38 heavy (non-hydrogen) atoms. The van der Waals surface area contributed by atoms with E-state index in [1.54, 1.807) is 25.2 Å². The molecule has 0 fully saturated rings. The molecule has 0 amide bonds. The second-order valence-corrected chi connectivity index (χ2v) is 12.7. The van der Waals surface area contributed by atoms with Crippen molar-refractivity contribution in [3.05, 3.63) is 86.2 Å². The number of carbonyl (C=O) groups is 1. The molecule has 5 rings (SSSR count). The Labute approximate surface area is 232 Å². The van der Waals surface area contributed by atoms with Gasteiger partial charge in [0.25, 0.3) is 0 Å². The second kappa shape index (κ2) is 9.41. The molecule has 2 N–H and O–H groups in total. The lowest BCUT2D eigenvalue weighted by atomic mass is 9.91. The van der Waals surface area contributed by atoms with E-state index in [1.165, 1.54) is 10.4 Å². The van der Waals surface area contributed by atoms with E-state index >= 15 is 0 Å². The Kier molecular flexibility index (Phi) is 6.49. The third kappa shape index (κ3) is 4.24. The molecule has 0 aliphatic heterocycles. The van der Waals surface area contributed by atoms with Crippen LogP contribution in [-0.4, -0.2) is 24.6 Å². The first kappa shape index (κ1) is 26.2. The fourth-order valence-corrected chi connectivity index (χ4v) is 7.74. The molecule has 0 bridgehead atoms.